The van der Waals surface area contributed by atoms with E-state index in [0.717, 1.165) is 16.9 Å². The van der Waals surface area contributed by atoms with Gasteiger partial charge < -0.3 is 20.8 Å². The van der Waals surface area contributed by atoms with Crippen molar-refractivity contribution in [3.05, 3.63) is 23.8 Å². The summed E-state index contributed by atoms with van der Waals surface area (Å²) in [6, 6.07) is 5.58. The van der Waals surface area contributed by atoms with E-state index < -0.39 is 6.10 Å². The van der Waals surface area contributed by atoms with Crippen LogP contribution in [0, 0.1) is 12.8 Å². The lowest BCUT2D eigenvalue weighted by molar-refractivity contribution is -0.116. The summed E-state index contributed by atoms with van der Waals surface area (Å²) in [6.07, 6.45) is -0.312. The third kappa shape index (κ3) is 5.59. The molecule has 1 rings (SSSR count). The highest BCUT2D eigenvalue weighted by Crippen LogP contribution is 2.20. The van der Waals surface area contributed by atoms with Gasteiger partial charge in [0.25, 0.3) is 0 Å². The van der Waals surface area contributed by atoms with E-state index in [2.05, 4.69) is 10.6 Å². The molecular formula is C15H24N2O3. The van der Waals surface area contributed by atoms with Crippen molar-refractivity contribution in [1.82, 2.24) is 0 Å². The van der Waals surface area contributed by atoms with Gasteiger partial charge in [-0.05, 0) is 30.5 Å². The molecule has 4 N–H and O–H groups in total. The summed E-state index contributed by atoms with van der Waals surface area (Å²) in [6.45, 7) is 5.92. The summed E-state index contributed by atoms with van der Waals surface area (Å²) >= 11 is 0. The lowest BCUT2D eigenvalue weighted by Crippen LogP contribution is -2.23. The molecule has 20 heavy (non-hydrogen) atoms. The minimum Gasteiger partial charge on any atom is -0.394 e. The Morgan fingerprint density at radius 2 is 2.05 bits per heavy atom. The van der Waals surface area contributed by atoms with E-state index in [4.69, 9.17) is 5.11 Å². The molecule has 1 amide bonds. The molecule has 1 aromatic carbocycles. The van der Waals surface area contributed by atoms with Crippen LogP contribution in [0.2, 0.25) is 0 Å². The van der Waals surface area contributed by atoms with Crippen LogP contribution in [0.15, 0.2) is 18.2 Å². The molecule has 0 aliphatic heterocycles. The number of aliphatic hydroxyl groups excluding tert-OH is 2. The Balaban J connectivity index is 2.68. The van der Waals surface area contributed by atoms with Crippen molar-refractivity contribution in [3.63, 3.8) is 0 Å². The fourth-order valence-corrected chi connectivity index (χ4v) is 1.77. The highest BCUT2D eigenvalue weighted by atomic mass is 16.3. The van der Waals surface area contributed by atoms with Gasteiger partial charge in [-0.3, -0.25) is 4.79 Å². The third-order valence-electron chi connectivity index (χ3n) is 2.85. The summed E-state index contributed by atoms with van der Waals surface area (Å²) in [5.74, 6) is 0.308. The van der Waals surface area contributed by atoms with Crippen molar-refractivity contribution in [2.24, 2.45) is 5.92 Å². The molecule has 5 heteroatoms. The first-order valence-electron chi connectivity index (χ1n) is 6.85. The molecule has 0 aliphatic carbocycles. The Labute approximate surface area is 120 Å². The molecule has 0 saturated carbocycles. The van der Waals surface area contributed by atoms with Gasteiger partial charge in [0.1, 0.15) is 0 Å². The normalized spacial score (nSPS) is 12.3. The van der Waals surface area contributed by atoms with E-state index in [0.29, 0.717) is 12.3 Å². The summed E-state index contributed by atoms with van der Waals surface area (Å²) in [5, 5.41) is 24.0. The van der Waals surface area contributed by atoms with Gasteiger partial charge >= 0.3 is 0 Å². The summed E-state index contributed by atoms with van der Waals surface area (Å²) in [4.78, 5) is 11.7. The number of nitrogens with one attached hydrogen (secondary N) is 2. The Morgan fingerprint density at radius 1 is 1.35 bits per heavy atom. The van der Waals surface area contributed by atoms with E-state index >= 15 is 0 Å². The zero-order chi connectivity index (χ0) is 15.1. The second-order valence-corrected chi connectivity index (χ2v) is 5.39. The van der Waals surface area contributed by atoms with Gasteiger partial charge in [0.15, 0.2) is 0 Å². The molecule has 0 aromatic heterocycles. The Hall–Kier alpha value is -1.59. The molecule has 1 atom stereocenters. The number of aryl methyl sites for hydroxylation is 1. The average Bonchev–Trinajstić information content (AvgIpc) is 2.37. The monoisotopic (exact) mass is 280 g/mol. The Bertz CT molecular complexity index is 447. The lowest BCUT2D eigenvalue weighted by Gasteiger charge is -2.14. The van der Waals surface area contributed by atoms with Crippen LogP contribution >= 0.6 is 0 Å². The minimum absolute atomic E-state index is 0.00908. The molecule has 0 heterocycles. The highest BCUT2D eigenvalue weighted by Gasteiger charge is 2.08. The number of aliphatic hydroxyl groups is 2. The number of carbonyl (C=O) groups is 1. The van der Waals surface area contributed by atoms with Crippen LogP contribution in [-0.2, 0) is 4.79 Å². The number of anilines is 2. The number of amides is 1. The van der Waals surface area contributed by atoms with Crippen molar-refractivity contribution in [3.8, 4) is 0 Å². The van der Waals surface area contributed by atoms with Gasteiger partial charge in [-0.25, -0.2) is 0 Å². The zero-order valence-corrected chi connectivity index (χ0v) is 12.3. The number of benzene rings is 1. The maximum atomic E-state index is 11.7. The van der Waals surface area contributed by atoms with E-state index in [-0.39, 0.29) is 19.1 Å². The SMILES string of the molecule is Cc1ccc(NC(=O)CC(C)C)cc1NCC(O)CO. The van der Waals surface area contributed by atoms with Crippen molar-refractivity contribution in [2.45, 2.75) is 33.3 Å². The largest absolute Gasteiger partial charge is 0.394 e. The van der Waals surface area contributed by atoms with Crippen LogP contribution in [0.25, 0.3) is 0 Å². The molecule has 0 spiro atoms. The highest BCUT2D eigenvalue weighted by molar-refractivity contribution is 5.91. The van der Waals surface area contributed by atoms with Crippen LogP contribution in [0.5, 0.6) is 0 Å². The Kier molecular flexibility index (Phi) is 6.48. The van der Waals surface area contributed by atoms with Gasteiger partial charge in [0.2, 0.25) is 5.91 Å². The van der Waals surface area contributed by atoms with Gasteiger partial charge in [0.05, 0.1) is 12.7 Å². The molecule has 5 nitrogen and oxygen atoms in total. The molecule has 1 aromatic rings. The molecule has 0 bridgehead atoms. The number of hydrogen-bond donors (Lipinski definition) is 4. The predicted octanol–water partition coefficient (Wildman–Crippen LogP) is 1.74. The van der Waals surface area contributed by atoms with E-state index in [9.17, 15) is 9.90 Å². The van der Waals surface area contributed by atoms with E-state index in [1.54, 1.807) is 0 Å². The molecular weight excluding hydrogens is 256 g/mol. The topological polar surface area (TPSA) is 81.6 Å². The molecule has 0 radical (unpaired) electrons. The number of hydrogen-bond acceptors (Lipinski definition) is 4. The zero-order valence-electron chi connectivity index (χ0n) is 12.3. The average molecular weight is 280 g/mol. The van der Waals surface area contributed by atoms with Gasteiger partial charge in [-0.15, -0.1) is 0 Å². The Morgan fingerprint density at radius 3 is 2.65 bits per heavy atom. The van der Waals surface area contributed by atoms with Crippen LogP contribution in [0.3, 0.4) is 0 Å². The number of carbonyl (C=O) groups excluding carboxylic acids is 1. The maximum Gasteiger partial charge on any atom is 0.224 e. The molecule has 0 fully saturated rings. The van der Waals surface area contributed by atoms with Crippen molar-refractivity contribution in [1.29, 1.82) is 0 Å². The first-order valence-corrected chi connectivity index (χ1v) is 6.85. The smallest absolute Gasteiger partial charge is 0.224 e. The van der Waals surface area contributed by atoms with Crippen molar-refractivity contribution < 1.29 is 15.0 Å². The van der Waals surface area contributed by atoms with E-state index in [1.165, 1.54) is 0 Å². The standard InChI is InChI=1S/C15H24N2O3/c1-10(2)6-15(20)17-12-5-4-11(3)14(7-12)16-8-13(19)9-18/h4-5,7,10,13,16,18-19H,6,8-9H2,1-3H3,(H,17,20). The van der Waals surface area contributed by atoms with Crippen LogP contribution < -0.4 is 10.6 Å². The summed E-state index contributed by atoms with van der Waals surface area (Å²) < 4.78 is 0. The van der Waals surface area contributed by atoms with Crippen LogP contribution in [0.4, 0.5) is 11.4 Å². The number of rotatable bonds is 7. The second kappa shape index (κ2) is 7.87. The van der Waals surface area contributed by atoms with Crippen LogP contribution in [0.1, 0.15) is 25.8 Å². The quantitative estimate of drug-likeness (QED) is 0.613. The molecule has 0 aliphatic rings. The van der Waals surface area contributed by atoms with Gasteiger partial charge in [-0.2, -0.15) is 0 Å². The molecule has 0 saturated heterocycles. The van der Waals surface area contributed by atoms with Crippen molar-refractivity contribution in [2.75, 3.05) is 23.8 Å². The fourth-order valence-electron chi connectivity index (χ4n) is 1.77. The second-order valence-electron chi connectivity index (χ2n) is 5.39. The predicted molar refractivity (Wildman–Crippen MR) is 80.8 cm³/mol. The molecule has 112 valence electrons. The van der Waals surface area contributed by atoms with E-state index in [1.807, 2.05) is 39.0 Å². The van der Waals surface area contributed by atoms with Gasteiger partial charge in [0, 0.05) is 24.3 Å². The summed E-state index contributed by atoms with van der Waals surface area (Å²) in [5.41, 5.74) is 2.57. The fraction of sp³-hybridized carbons (Fsp3) is 0.533. The van der Waals surface area contributed by atoms with Gasteiger partial charge in [-0.1, -0.05) is 19.9 Å². The maximum absolute atomic E-state index is 11.7. The first-order chi connectivity index (χ1) is 9.42. The lowest BCUT2D eigenvalue weighted by atomic mass is 10.1. The minimum atomic E-state index is -0.798. The van der Waals surface area contributed by atoms with Crippen molar-refractivity contribution >= 4 is 17.3 Å². The third-order valence-corrected chi connectivity index (χ3v) is 2.85. The van der Waals surface area contributed by atoms with Crippen LogP contribution in [-0.4, -0.2) is 35.4 Å². The summed E-state index contributed by atoms with van der Waals surface area (Å²) in [7, 11) is 0. The molecule has 1 unspecified atom stereocenters. The first kappa shape index (κ1) is 16.5.